The number of rotatable bonds is 0. The molecule has 0 heterocycles. The van der Waals surface area contributed by atoms with Gasteiger partial charge in [-0.05, 0) is 0 Å². The fourth-order valence-corrected chi connectivity index (χ4v) is 0. The Balaban J connectivity index is -0.000000101. The van der Waals surface area contributed by atoms with Crippen LogP contribution in [0.2, 0.25) is 0 Å². The topological polar surface area (TPSA) is 169 Å². The van der Waals surface area contributed by atoms with Crippen LogP contribution in [0.1, 0.15) is 0 Å². The van der Waals surface area contributed by atoms with Crippen molar-refractivity contribution in [3.63, 3.8) is 0 Å². The fraction of sp³-hybridized carbons (Fsp3) is 0. The second-order valence-corrected chi connectivity index (χ2v) is 4.24. The summed E-state index contributed by atoms with van der Waals surface area (Å²) in [5.41, 5.74) is 0. The molecule has 0 saturated carbocycles. The zero-order chi connectivity index (χ0) is 10.7. The summed E-state index contributed by atoms with van der Waals surface area (Å²) in [7, 11) is 0. The first kappa shape index (κ1) is 19.0. The van der Waals surface area contributed by atoms with E-state index in [1.165, 1.54) is 0 Å². The van der Waals surface area contributed by atoms with Crippen LogP contribution in [-0.2, 0) is 72.7 Å². The van der Waals surface area contributed by atoms with Crippen molar-refractivity contribution in [2.45, 2.75) is 0 Å². The third kappa shape index (κ3) is 677. The molecule has 0 bridgehead atoms. The molecule has 0 aliphatic carbocycles. The van der Waals surface area contributed by atoms with E-state index in [9.17, 15) is 0 Å². The van der Waals surface area contributed by atoms with Crippen LogP contribution in [0, 0.1) is 0 Å². The monoisotopic (exact) mass is 380 g/mol. The van der Waals surface area contributed by atoms with Gasteiger partial charge in [-0.3, -0.25) is 0 Å². The van der Waals surface area contributed by atoms with Gasteiger partial charge in [-0.2, -0.15) is 0 Å². The van der Waals surface area contributed by atoms with Crippen molar-refractivity contribution in [1.82, 2.24) is 0 Å². The van der Waals surface area contributed by atoms with Gasteiger partial charge in [-0.25, -0.2) is 0 Å². The van der Waals surface area contributed by atoms with Crippen molar-refractivity contribution in [3.05, 3.63) is 0 Å². The summed E-state index contributed by atoms with van der Waals surface area (Å²) in [6.07, 6.45) is 0. The Labute approximate surface area is 89.0 Å². The summed E-state index contributed by atoms with van der Waals surface area (Å²) in [4.78, 5) is 0. The molecule has 0 saturated heterocycles. The molecular formula is H5NbO9TiZr. The van der Waals surface area contributed by atoms with Crippen molar-refractivity contribution in [2.75, 3.05) is 0 Å². The Hall–Kier alpha value is 1.34. The van der Waals surface area contributed by atoms with Crippen molar-refractivity contribution in [1.29, 1.82) is 0 Å². The van der Waals surface area contributed by atoms with Crippen LogP contribution in [0.15, 0.2) is 0 Å². The quantitative estimate of drug-likeness (QED) is 0.270. The molecule has 0 aliphatic heterocycles. The molecule has 5 N–H and O–H groups in total. The molecule has 9 nitrogen and oxygen atoms in total. The Morgan fingerprint density at radius 3 is 1.17 bits per heavy atom. The van der Waals surface area contributed by atoms with E-state index in [1.807, 2.05) is 0 Å². The van der Waals surface area contributed by atoms with Gasteiger partial charge in [0.2, 0.25) is 0 Å². The van der Waals surface area contributed by atoms with E-state index in [0.29, 0.717) is 0 Å². The molecule has 12 heavy (non-hydrogen) atoms. The van der Waals surface area contributed by atoms with Crippen molar-refractivity contribution < 1.29 is 90.0 Å². The van der Waals surface area contributed by atoms with E-state index in [4.69, 9.17) is 30.0 Å². The van der Waals surface area contributed by atoms with Crippen molar-refractivity contribution in [2.24, 2.45) is 0 Å². The molecule has 0 rings (SSSR count). The molecule has 0 fully saturated rings. The van der Waals surface area contributed by atoms with Crippen LogP contribution < -0.4 is 0 Å². The van der Waals surface area contributed by atoms with Gasteiger partial charge < -0.3 is 0 Å². The van der Waals surface area contributed by atoms with Gasteiger partial charge >= 0.3 is 90.0 Å². The summed E-state index contributed by atoms with van der Waals surface area (Å²) in [6, 6.07) is 0. The SMILES string of the molecule is [O]=[Nb](=[O])[OH].[O]=[Ti]([OH])[OH].[O]=[Zr]([OH])[OH]. The average Bonchev–Trinajstić information content (AvgIpc) is 1.54. The maximum absolute atomic E-state index is 8.84. The molecule has 0 aromatic rings. The van der Waals surface area contributed by atoms with Crippen LogP contribution in [0.3, 0.4) is 0 Å². The Morgan fingerprint density at radius 1 is 1.17 bits per heavy atom. The van der Waals surface area contributed by atoms with Crippen LogP contribution in [0.4, 0.5) is 0 Å². The Kier molecular flexibility index (Phi) is 23.5. The van der Waals surface area contributed by atoms with E-state index < -0.39 is 60.0 Å². The number of hydrogen-bond acceptors (Lipinski definition) is 4. The summed E-state index contributed by atoms with van der Waals surface area (Å²) in [5, 5.41) is 0. The van der Waals surface area contributed by atoms with E-state index in [0.717, 1.165) is 0 Å². The van der Waals surface area contributed by atoms with Crippen LogP contribution >= 0.6 is 0 Å². The Bertz CT molecular complexity index is 165. The summed E-state index contributed by atoms with van der Waals surface area (Å²) >= 11 is -11.3. The van der Waals surface area contributed by atoms with Gasteiger partial charge in [0.25, 0.3) is 0 Å². The molecule has 0 amide bonds. The first-order valence-corrected chi connectivity index (χ1v) is 9.88. The van der Waals surface area contributed by atoms with Gasteiger partial charge in [0.1, 0.15) is 0 Å². The van der Waals surface area contributed by atoms with E-state index in [2.05, 4.69) is 0 Å². The molecule has 0 atom stereocenters. The first-order valence-electron chi connectivity index (χ1n) is 1.87. The van der Waals surface area contributed by atoms with Gasteiger partial charge in [0.15, 0.2) is 0 Å². The molecule has 72 valence electrons. The molecule has 12 heteroatoms. The molecule has 0 aromatic carbocycles. The molecule has 0 unspecified atom stereocenters. The molecule has 0 spiro atoms. The summed E-state index contributed by atoms with van der Waals surface area (Å²) < 4.78 is 71.1. The van der Waals surface area contributed by atoms with Crippen molar-refractivity contribution >= 4 is 0 Å². The van der Waals surface area contributed by atoms with Crippen molar-refractivity contribution in [3.8, 4) is 0 Å². The summed E-state index contributed by atoms with van der Waals surface area (Å²) in [6.45, 7) is 0. The second-order valence-electron chi connectivity index (χ2n) is 0.803. The van der Waals surface area contributed by atoms with E-state index in [-0.39, 0.29) is 0 Å². The van der Waals surface area contributed by atoms with Crippen LogP contribution in [0.5, 0.6) is 0 Å². The minimum absolute atomic E-state index is 3.58. The predicted molar refractivity (Wildman–Crippen MR) is 13.8 cm³/mol. The van der Waals surface area contributed by atoms with Gasteiger partial charge in [0, 0.05) is 0 Å². The van der Waals surface area contributed by atoms with E-state index >= 15 is 0 Å². The minimum atomic E-state index is -3.95. The van der Waals surface area contributed by atoms with Crippen LogP contribution in [0.25, 0.3) is 0 Å². The fourth-order valence-electron chi connectivity index (χ4n) is 0. The van der Waals surface area contributed by atoms with E-state index in [1.54, 1.807) is 0 Å². The normalized spacial score (nSPS) is 6.42. The molecule has 0 aliphatic rings. The molecular weight excluding hydrogens is 376 g/mol. The second kappa shape index (κ2) is 14.8. The van der Waals surface area contributed by atoms with Gasteiger partial charge in [0.05, 0.1) is 0 Å². The molecule has 0 aromatic heterocycles. The van der Waals surface area contributed by atoms with Gasteiger partial charge in [-0.1, -0.05) is 0 Å². The third-order valence-electron chi connectivity index (χ3n) is 0. The zero-order valence-corrected chi connectivity index (χ0v) is 11.5. The standard InChI is InChI=1S/Nb.5H2O.4O.Ti.Zr/h;5*1H2;;;;;;/q+1;;;;;;;;;;2*+2/p-5. The third-order valence-corrected chi connectivity index (χ3v) is 0. The summed E-state index contributed by atoms with van der Waals surface area (Å²) in [5.74, 6) is 0. The molecule has 0 radical (unpaired) electrons. The van der Waals surface area contributed by atoms with Gasteiger partial charge in [-0.15, -0.1) is 0 Å². The number of hydrogen-bond donors (Lipinski definition) is 5. The zero-order valence-electron chi connectivity index (χ0n) is 5.32. The predicted octanol–water partition coefficient (Wildman–Crippen LogP) is -3.27. The first-order chi connectivity index (χ1) is 5.20. The maximum atomic E-state index is 8.84. The Morgan fingerprint density at radius 2 is 1.17 bits per heavy atom. The van der Waals surface area contributed by atoms with Crippen LogP contribution in [-0.4, -0.2) is 17.4 Å². The average molecular weight is 381 g/mol.